The van der Waals surface area contributed by atoms with E-state index in [4.69, 9.17) is 17.0 Å². The molecule has 0 unspecified atom stereocenters. The van der Waals surface area contributed by atoms with Crippen LogP contribution in [0, 0.1) is 5.92 Å². The lowest BCUT2D eigenvalue weighted by molar-refractivity contribution is -0.120. The van der Waals surface area contributed by atoms with Crippen molar-refractivity contribution in [3.8, 4) is 5.75 Å². The third kappa shape index (κ3) is 4.52. The van der Waals surface area contributed by atoms with Gasteiger partial charge in [-0.05, 0) is 43.6 Å². The standard InChI is InChI=1S/C14H18N2O2S/c1-2-8-18-12-5-3-4-11(9-12)15-14(19)16-13(17)10-6-7-10/h3-5,9-10H,2,6-8H2,1H3,(H2,15,16,17,19). The van der Waals surface area contributed by atoms with Gasteiger partial charge in [0.15, 0.2) is 5.11 Å². The molecule has 1 aromatic rings. The summed E-state index contributed by atoms with van der Waals surface area (Å²) >= 11 is 5.11. The molecule has 19 heavy (non-hydrogen) atoms. The summed E-state index contributed by atoms with van der Waals surface area (Å²) in [6.07, 6.45) is 2.90. The Bertz CT molecular complexity index is 472. The number of carbonyl (C=O) groups is 1. The molecule has 0 heterocycles. The van der Waals surface area contributed by atoms with Crippen molar-refractivity contribution in [2.45, 2.75) is 26.2 Å². The molecule has 0 spiro atoms. The number of thiocarbonyl (C=S) groups is 1. The molecule has 1 amide bonds. The zero-order valence-corrected chi connectivity index (χ0v) is 11.8. The summed E-state index contributed by atoms with van der Waals surface area (Å²) in [7, 11) is 0. The molecule has 5 heteroatoms. The Kier molecular flexibility index (Phi) is 4.74. The molecule has 1 aliphatic rings. The number of amides is 1. The quantitative estimate of drug-likeness (QED) is 0.813. The van der Waals surface area contributed by atoms with Gasteiger partial charge in [-0.3, -0.25) is 4.79 Å². The van der Waals surface area contributed by atoms with Crippen molar-refractivity contribution in [2.75, 3.05) is 11.9 Å². The number of nitrogens with one attached hydrogen (secondary N) is 2. The van der Waals surface area contributed by atoms with Gasteiger partial charge in [0.25, 0.3) is 0 Å². The average molecular weight is 278 g/mol. The number of ether oxygens (including phenoxy) is 1. The minimum absolute atomic E-state index is 0.0101. The Balaban J connectivity index is 1.86. The van der Waals surface area contributed by atoms with E-state index in [2.05, 4.69) is 17.6 Å². The highest BCUT2D eigenvalue weighted by atomic mass is 32.1. The molecule has 0 radical (unpaired) electrons. The van der Waals surface area contributed by atoms with Gasteiger partial charge in [-0.1, -0.05) is 13.0 Å². The Morgan fingerprint density at radius 3 is 2.95 bits per heavy atom. The van der Waals surface area contributed by atoms with Crippen LogP contribution in [0.4, 0.5) is 5.69 Å². The van der Waals surface area contributed by atoms with Crippen LogP contribution in [-0.4, -0.2) is 17.6 Å². The molecule has 1 fully saturated rings. The zero-order chi connectivity index (χ0) is 13.7. The summed E-state index contributed by atoms with van der Waals surface area (Å²) in [6, 6.07) is 7.53. The third-order valence-electron chi connectivity index (χ3n) is 2.75. The van der Waals surface area contributed by atoms with Gasteiger partial charge >= 0.3 is 0 Å². The first-order valence-corrected chi connectivity index (χ1v) is 6.94. The largest absolute Gasteiger partial charge is 0.494 e. The monoisotopic (exact) mass is 278 g/mol. The summed E-state index contributed by atoms with van der Waals surface area (Å²) in [6.45, 7) is 2.75. The normalized spacial score (nSPS) is 13.7. The summed E-state index contributed by atoms with van der Waals surface area (Å²) in [5, 5.41) is 6.02. The average Bonchev–Trinajstić information content (AvgIpc) is 3.20. The van der Waals surface area contributed by atoms with E-state index >= 15 is 0 Å². The Hall–Kier alpha value is -1.62. The van der Waals surface area contributed by atoms with Gasteiger partial charge in [-0.25, -0.2) is 0 Å². The maximum atomic E-state index is 11.6. The Morgan fingerprint density at radius 1 is 1.47 bits per heavy atom. The predicted molar refractivity (Wildman–Crippen MR) is 79.3 cm³/mol. The minimum atomic E-state index is 0.0101. The van der Waals surface area contributed by atoms with Crippen molar-refractivity contribution in [1.29, 1.82) is 0 Å². The van der Waals surface area contributed by atoms with Crippen LogP contribution in [0.15, 0.2) is 24.3 Å². The summed E-state index contributed by atoms with van der Waals surface area (Å²) in [4.78, 5) is 11.6. The van der Waals surface area contributed by atoms with Crippen LogP contribution in [0.1, 0.15) is 26.2 Å². The highest BCUT2D eigenvalue weighted by molar-refractivity contribution is 7.80. The summed E-state index contributed by atoms with van der Waals surface area (Å²) < 4.78 is 5.54. The summed E-state index contributed by atoms with van der Waals surface area (Å²) in [5.41, 5.74) is 0.815. The first-order chi connectivity index (χ1) is 9.19. The first-order valence-electron chi connectivity index (χ1n) is 6.53. The second-order valence-corrected chi connectivity index (χ2v) is 5.00. The number of hydrogen-bond donors (Lipinski definition) is 2. The van der Waals surface area contributed by atoms with E-state index in [-0.39, 0.29) is 11.8 Å². The number of rotatable bonds is 5. The number of carbonyl (C=O) groups excluding carboxylic acids is 1. The lowest BCUT2D eigenvalue weighted by Gasteiger charge is -2.11. The van der Waals surface area contributed by atoms with Gasteiger partial charge in [0, 0.05) is 17.7 Å². The van der Waals surface area contributed by atoms with Crippen LogP contribution < -0.4 is 15.4 Å². The van der Waals surface area contributed by atoms with Crippen molar-refractivity contribution in [2.24, 2.45) is 5.92 Å². The Morgan fingerprint density at radius 2 is 2.26 bits per heavy atom. The molecule has 4 nitrogen and oxygen atoms in total. The molecule has 0 aliphatic heterocycles. The van der Waals surface area contributed by atoms with Crippen molar-refractivity contribution in [3.05, 3.63) is 24.3 Å². The summed E-state index contributed by atoms with van der Waals surface area (Å²) in [5.74, 6) is 0.957. The molecule has 1 aliphatic carbocycles. The van der Waals surface area contributed by atoms with Crippen LogP contribution in [0.2, 0.25) is 0 Å². The van der Waals surface area contributed by atoms with E-state index in [1.165, 1.54) is 0 Å². The number of benzene rings is 1. The molecular weight excluding hydrogens is 260 g/mol. The zero-order valence-electron chi connectivity index (χ0n) is 10.9. The lowest BCUT2D eigenvalue weighted by Crippen LogP contribution is -2.35. The fraction of sp³-hybridized carbons (Fsp3) is 0.429. The van der Waals surface area contributed by atoms with Crippen molar-refractivity contribution in [3.63, 3.8) is 0 Å². The first kappa shape index (κ1) is 13.8. The van der Waals surface area contributed by atoms with Crippen LogP contribution in [0.25, 0.3) is 0 Å². The van der Waals surface area contributed by atoms with Gasteiger partial charge in [-0.15, -0.1) is 0 Å². The fourth-order valence-corrected chi connectivity index (χ4v) is 1.82. The van der Waals surface area contributed by atoms with Crippen LogP contribution in [0.5, 0.6) is 5.75 Å². The molecule has 0 bridgehead atoms. The van der Waals surface area contributed by atoms with E-state index in [1.807, 2.05) is 24.3 Å². The molecule has 2 N–H and O–H groups in total. The second kappa shape index (κ2) is 6.52. The van der Waals surface area contributed by atoms with E-state index < -0.39 is 0 Å². The topological polar surface area (TPSA) is 50.4 Å². The second-order valence-electron chi connectivity index (χ2n) is 4.59. The maximum absolute atomic E-state index is 11.6. The highest BCUT2D eigenvalue weighted by Crippen LogP contribution is 2.28. The minimum Gasteiger partial charge on any atom is -0.494 e. The van der Waals surface area contributed by atoms with E-state index in [9.17, 15) is 4.79 Å². The maximum Gasteiger partial charge on any atom is 0.229 e. The fourth-order valence-electron chi connectivity index (χ4n) is 1.61. The van der Waals surface area contributed by atoms with Gasteiger partial charge in [0.05, 0.1) is 6.61 Å². The molecule has 102 valence electrons. The smallest absolute Gasteiger partial charge is 0.229 e. The van der Waals surface area contributed by atoms with Crippen molar-refractivity contribution < 1.29 is 9.53 Å². The predicted octanol–water partition coefficient (Wildman–Crippen LogP) is 2.70. The van der Waals surface area contributed by atoms with Crippen LogP contribution >= 0.6 is 12.2 Å². The van der Waals surface area contributed by atoms with E-state index in [0.717, 1.165) is 30.7 Å². The van der Waals surface area contributed by atoms with Gasteiger partial charge in [0.2, 0.25) is 5.91 Å². The molecule has 1 saturated carbocycles. The molecular formula is C14H18N2O2S. The van der Waals surface area contributed by atoms with Gasteiger partial charge < -0.3 is 15.4 Å². The van der Waals surface area contributed by atoms with Crippen molar-refractivity contribution in [1.82, 2.24) is 5.32 Å². The Labute approximate surface area is 118 Å². The lowest BCUT2D eigenvalue weighted by atomic mass is 10.3. The highest BCUT2D eigenvalue weighted by Gasteiger charge is 2.29. The molecule has 2 rings (SSSR count). The molecule has 0 atom stereocenters. The van der Waals surface area contributed by atoms with Gasteiger partial charge in [-0.2, -0.15) is 0 Å². The number of hydrogen-bond acceptors (Lipinski definition) is 3. The number of anilines is 1. The molecule has 0 saturated heterocycles. The van der Waals surface area contributed by atoms with Crippen LogP contribution in [0.3, 0.4) is 0 Å². The molecule has 0 aromatic heterocycles. The van der Waals surface area contributed by atoms with Crippen LogP contribution in [-0.2, 0) is 4.79 Å². The van der Waals surface area contributed by atoms with E-state index in [0.29, 0.717) is 11.7 Å². The van der Waals surface area contributed by atoms with Gasteiger partial charge in [0.1, 0.15) is 5.75 Å². The van der Waals surface area contributed by atoms with Crippen molar-refractivity contribution >= 4 is 28.9 Å². The SMILES string of the molecule is CCCOc1cccc(NC(=S)NC(=O)C2CC2)c1. The third-order valence-corrected chi connectivity index (χ3v) is 2.95. The molecule has 1 aromatic carbocycles. The van der Waals surface area contributed by atoms with E-state index in [1.54, 1.807) is 0 Å².